The van der Waals surface area contributed by atoms with Gasteiger partial charge in [-0.05, 0) is 31.5 Å². The number of hydrogen-bond acceptors (Lipinski definition) is 4. The van der Waals surface area contributed by atoms with Gasteiger partial charge >= 0.3 is 0 Å². The van der Waals surface area contributed by atoms with Crippen molar-refractivity contribution in [2.75, 3.05) is 38.0 Å². The van der Waals surface area contributed by atoms with Crippen molar-refractivity contribution in [3.8, 4) is 0 Å². The number of anilines is 1. The van der Waals surface area contributed by atoms with Crippen LogP contribution in [0.25, 0.3) is 0 Å². The maximum Gasteiger partial charge on any atom is 0.239 e. The molecule has 0 unspecified atom stereocenters. The van der Waals surface area contributed by atoms with Gasteiger partial charge < -0.3 is 10.6 Å². The summed E-state index contributed by atoms with van der Waals surface area (Å²) in [5.74, 6) is 0.655. The van der Waals surface area contributed by atoms with Gasteiger partial charge in [-0.2, -0.15) is 0 Å². The SMILES string of the molecule is Cc1cc(C)nc(NC(=O)CN2CCNCC2)c1. The molecule has 1 amide bonds. The number of nitrogens with one attached hydrogen (secondary N) is 2. The predicted molar refractivity (Wildman–Crippen MR) is 71.7 cm³/mol. The molecular formula is C13H20N4O. The number of pyridine rings is 1. The van der Waals surface area contributed by atoms with Gasteiger partial charge in [0.1, 0.15) is 5.82 Å². The molecule has 0 spiro atoms. The molecule has 5 heteroatoms. The Labute approximate surface area is 108 Å². The van der Waals surface area contributed by atoms with Crippen LogP contribution >= 0.6 is 0 Å². The number of aryl methyl sites for hydroxylation is 2. The van der Waals surface area contributed by atoms with Crippen LogP contribution in [0.4, 0.5) is 5.82 Å². The molecule has 0 bridgehead atoms. The molecule has 0 atom stereocenters. The molecule has 1 aliphatic rings. The first-order valence-electron chi connectivity index (χ1n) is 6.32. The van der Waals surface area contributed by atoms with E-state index in [9.17, 15) is 4.79 Å². The predicted octanol–water partition coefficient (Wildman–Crippen LogP) is 0.542. The van der Waals surface area contributed by atoms with Gasteiger partial charge in [-0.3, -0.25) is 9.69 Å². The van der Waals surface area contributed by atoms with Crippen LogP contribution in [0, 0.1) is 13.8 Å². The molecule has 1 aromatic heterocycles. The lowest BCUT2D eigenvalue weighted by Crippen LogP contribution is -2.46. The molecule has 1 aromatic rings. The van der Waals surface area contributed by atoms with E-state index in [2.05, 4.69) is 20.5 Å². The van der Waals surface area contributed by atoms with Gasteiger partial charge in [0.25, 0.3) is 0 Å². The number of rotatable bonds is 3. The third-order valence-electron chi connectivity index (χ3n) is 2.94. The lowest BCUT2D eigenvalue weighted by Gasteiger charge is -2.26. The van der Waals surface area contributed by atoms with E-state index in [0.717, 1.165) is 37.4 Å². The first-order chi connectivity index (χ1) is 8.63. The number of aromatic nitrogens is 1. The Kier molecular flexibility index (Phi) is 4.28. The summed E-state index contributed by atoms with van der Waals surface area (Å²) in [6.07, 6.45) is 0. The maximum atomic E-state index is 11.9. The zero-order chi connectivity index (χ0) is 13.0. The van der Waals surface area contributed by atoms with Crippen molar-refractivity contribution >= 4 is 11.7 Å². The Morgan fingerprint density at radius 1 is 1.39 bits per heavy atom. The molecule has 98 valence electrons. The third kappa shape index (κ3) is 3.78. The molecule has 0 radical (unpaired) electrons. The number of carbonyl (C=O) groups excluding carboxylic acids is 1. The van der Waals surface area contributed by atoms with Crippen LogP contribution in [0.5, 0.6) is 0 Å². The molecule has 2 rings (SSSR count). The highest BCUT2D eigenvalue weighted by molar-refractivity contribution is 5.91. The van der Waals surface area contributed by atoms with Gasteiger partial charge in [0.05, 0.1) is 6.54 Å². The Morgan fingerprint density at radius 2 is 2.11 bits per heavy atom. The second-order valence-electron chi connectivity index (χ2n) is 4.75. The van der Waals surface area contributed by atoms with Crippen LogP contribution in [-0.4, -0.2) is 48.5 Å². The second kappa shape index (κ2) is 5.93. The van der Waals surface area contributed by atoms with Crippen LogP contribution in [0.15, 0.2) is 12.1 Å². The monoisotopic (exact) mass is 248 g/mol. The second-order valence-corrected chi connectivity index (χ2v) is 4.75. The van der Waals surface area contributed by atoms with Crippen molar-refractivity contribution in [1.82, 2.24) is 15.2 Å². The molecule has 18 heavy (non-hydrogen) atoms. The topological polar surface area (TPSA) is 57.3 Å². The maximum absolute atomic E-state index is 11.9. The Hall–Kier alpha value is -1.46. The molecule has 0 saturated carbocycles. The van der Waals surface area contributed by atoms with E-state index in [1.54, 1.807) is 0 Å². The van der Waals surface area contributed by atoms with E-state index < -0.39 is 0 Å². The van der Waals surface area contributed by atoms with Crippen molar-refractivity contribution in [2.45, 2.75) is 13.8 Å². The molecular weight excluding hydrogens is 228 g/mol. The summed E-state index contributed by atoms with van der Waals surface area (Å²) >= 11 is 0. The van der Waals surface area contributed by atoms with E-state index >= 15 is 0 Å². The lowest BCUT2D eigenvalue weighted by atomic mass is 10.2. The minimum absolute atomic E-state index is 0.00870. The van der Waals surface area contributed by atoms with Crippen molar-refractivity contribution in [3.63, 3.8) is 0 Å². The quantitative estimate of drug-likeness (QED) is 0.820. The summed E-state index contributed by atoms with van der Waals surface area (Å²) in [7, 11) is 0. The average Bonchev–Trinajstić information content (AvgIpc) is 2.28. The Morgan fingerprint density at radius 3 is 2.78 bits per heavy atom. The number of nitrogens with zero attached hydrogens (tertiary/aromatic N) is 2. The van der Waals surface area contributed by atoms with Gasteiger partial charge in [-0.25, -0.2) is 4.98 Å². The Bertz CT molecular complexity index is 407. The minimum atomic E-state index is 0.00870. The molecule has 5 nitrogen and oxygen atoms in total. The smallest absolute Gasteiger partial charge is 0.239 e. The summed E-state index contributed by atoms with van der Waals surface area (Å²) < 4.78 is 0. The van der Waals surface area contributed by atoms with E-state index in [1.165, 1.54) is 0 Å². The van der Waals surface area contributed by atoms with Crippen molar-refractivity contribution in [1.29, 1.82) is 0 Å². The molecule has 0 aromatic carbocycles. The van der Waals surface area contributed by atoms with E-state index in [1.807, 2.05) is 26.0 Å². The summed E-state index contributed by atoms with van der Waals surface area (Å²) in [6, 6.07) is 3.88. The Balaban J connectivity index is 1.89. The van der Waals surface area contributed by atoms with Crippen LogP contribution in [0.3, 0.4) is 0 Å². The third-order valence-corrected chi connectivity index (χ3v) is 2.94. The van der Waals surface area contributed by atoms with Gasteiger partial charge in [0, 0.05) is 31.9 Å². The fraction of sp³-hybridized carbons (Fsp3) is 0.538. The largest absolute Gasteiger partial charge is 0.314 e. The fourth-order valence-electron chi connectivity index (χ4n) is 2.16. The average molecular weight is 248 g/mol. The normalized spacial score (nSPS) is 16.6. The number of amides is 1. The highest BCUT2D eigenvalue weighted by Crippen LogP contribution is 2.09. The standard InChI is InChI=1S/C13H20N4O/c1-10-7-11(2)15-12(8-10)16-13(18)9-17-5-3-14-4-6-17/h7-8,14H,3-6,9H2,1-2H3,(H,15,16,18). The van der Waals surface area contributed by atoms with Gasteiger partial charge in [-0.1, -0.05) is 0 Å². The van der Waals surface area contributed by atoms with E-state index in [0.29, 0.717) is 12.4 Å². The molecule has 2 heterocycles. The highest BCUT2D eigenvalue weighted by Gasteiger charge is 2.13. The van der Waals surface area contributed by atoms with Crippen LogP contribution in [-0.2, 0) is 4.79 Å². The van der Waals surface area contributed by atoms with Gasteiger partial charge in [0.15, 0.2) is 0 Å². The molecule has 0 aliphatic carbocycles. The first kappa shape index (κ1) is 13.0. The van der Waals surface area contributed by atoms with Crippen LogP contribution in [0.1, 0.15) is 11.3 Å². The summed E-state index contributed by atoms with van der Waals surface area (Å²) in [5, 5.41) is 6.13. The minimum Gasteiger partial charge on any atom is -0.314 e. The first-order valence-corrected chi connectivity index (χ1v) is 6.32. The summed E-state index contributed by atoms with van der Waals surface area (Å²) in [4.78, 5) is 18.3. The number of piperazine rings is 1. The number of carbonyl (C=O) groups is 1. The fourth-order valence-corrected chi connectivity index (χ4v) is 2.16. The van der Waals surface area contributed by atoms with Crippen LogP contribution < -0.4 is 10.6 Å². The van der Waals surface area contributed by atoms with E-state index in [-0.39, 0.29) is 5.91 Å². The zero-order valence-corrected chi connectivity index (χ0v) is 11.0. The molecule has 1 saturated heterocycles. The summed E-state index contributed by atoms with van der Waals surface area (Å²) in [5.41, 5.74) is 2.03. The summed E-state index contributed by atoms with van der Waals surface area (Å²) in [6.45, 7) is 8.13. The van der Waals surface area contributed by atoms with Crippen LogP contribution in [0.2, 0.25) is 0 Å². The lowest BCUT2D eigenvalue weighted by molar-refractivity contribution is -0.117. The molecule has 1 fully saturated rings. The van der Waals surface area contributed by atoms with E-state index in [4.69, 9.17) is 0 Å². The zero-order valence-electron chi connectivity index (χ0n) is 11.0. The van der Waals surface area contributed by atoms with Crippen molar-refractivity contribution in [2.24, 2.45) is 0 Å². The molecule has 1 aliphatic heterocycles. The van der Waals surface area contributed by atoms with Crippen molar-refractivity contribution < 1.29 is 4.79 Å². The van der Waals surface area contributed by atoms with Gasteiger partial charge in [0.2, 0.25) is 5.91 Å². The van der Waals surface area contributed by atoms with Gasteiger partial charge in [-0.15, -0.1) is 0 Å². The highest BCUT2D eigenvalue weighted by atomic mass is 16.2. The van der Waals surface area contributed by atoms with Crippen molar-refractivity contribution in [3.05, 3.63) is 23.4 Å². The number of hydrogen-bond donors (Lipinski definition) is 2. The molecule has 2 N–H and O–H groups in total.